The number of ether oxygens (including phenoxy) is 1. The Bertz CT molecular complexity index is 497. The molecule has 1 saturated heterocycles. The number of rotatable bonds is 5. The fourth-order valence-corrected chi connectivity index (χ4v) is 2.54. The summed E-state index contributed by atoms with van der Waals surface area (Å²) in [5.41, 5.74) is -1.00. The number of hydrogen-bond donors (Lipinski definition) is 1. The first-order valence-electron chi connectivity index (χ1n) is 7.49. The minimum absolute atomic E-state index is 0.0829. The lowest BCUT2D eigenvalue weighted by Gasteiger charge is -2.38. The highest BCUT2D eigenvalue weighted by atomic mass is 19.1. The molecule has 1 fully saturated rings. The van der Waals surface area contributed by atoms with E-state index < -0.39 is 5.60 Å². The van der Waals surface area contributed by atoms with Gasteiger partial charge >= 0.3 is 0 Å². The number of piperazine rings is 1. The molecule has 1 N–H and O–H groups in total. The molecule has 1 heterocycles. The van der Waals surface area contributed by atoms with Gasteiger partial charge in [0.05, 0.1) is 6.61 Å². The van der Waals surface area contributed by atoms with E-state index in [1.54, 1.807) is 18.7 Å². The Morgan fingerprint density at radius 1 is 1.23 bits per heavy atom. The van der Waals surface area contributed by atoms with Crippen LogP contribution in [0.15, 0.2) is 24.3 Å². The summed E-state index contributed by atoms with van der Waals surface area (Å²) in [7, 11) is 0. The average Bonchev–Trinajstić information content (AvgIpc) is 2.50. The number of carbonyl (C=O) groups is 1. The monoisotopic (exact) mass is 310 g/mol. The van der Waals surface area contributed by atoms with Gasteiger partial charge in [-0.1, -0.05) is 0 Å². The Hall–Kier alpha value is -1.66. The van der Waals surface area contributed by atoms with Crippen molar-refractivity contribution in [2.45, 2.75) is 19.4 Å². The quantitative estimate of drug-likeness (QED) is 0.885. The third-order valence-corrected chi connectivity index (χ3v) is 3.78. The van der Waals surface area contributed by atoms with Gasteiger partial charge in [-0.05, 0) is 38.1 Å². The highest BCUT2D eigenvalue weighted by Crippen LogP contribution is 2.21. The van der Waals surface area contributed by atoms with Gasteiger partial charge in [0.25, 0.3) is 5.91 Å². The zero-order valence-electron chi connectivity index (χ0n) is 13.1. The summed E-state index contributed by atoms with van der Waals surface area (Å²) in [5, 5.41) is 8.94. The summed E-state index contributed by atoms with van der Waals surface area (Å²) in [6.07, 6.45) is 0. The Labute approximate surface area is 130 Å². The summed E-state index contributed by atoms with van der Waals surface area (Å²) in [4.78, 5) is 16.5. The van der Waals surface area contributed by atoms with Crippen LogP contribution in [0.25, 0.3) is 0 Å². The van der Waals surface area contributed by atoms with Crippen LogP contribution in [0.3, 0.4) is 0 Å². The number of amides is 1. The zero-order valence-corrected chi connectivity index (χ0v) is 13.1. The number of aliphatic hydroxyl groups excluding tert-OH is 1. The van der Waals surface area contributed by atoms with Gasteiger partial charge in [-0.25, -0.2) is 4.39 Å². The van der Waals surface area contributed by atoms with Gasteiger partial charge in [-0.3, -0.25) is 9.69 Å². The van der Waals surface area contributed by atoms with Crippen LogP contribution in [0.1, 0.15) is 13.8 Å². The number of β-amino-alcohol motifs (C(OH)–C–C–N with tert-alkyl or cyclic N) is 1. The first-order valence-corrected chi connectivity index (χ1v) is 7.49. The predicted molar refractivity (Wildman–Crippen MR) is 81.2 cm³/mol. The third-order valence-electron chi connectivity index (χ3n) is 3.78. The molecule has 2 rings (SSSR count). The molecule has 1 aromatic rings. The standard InChI is InChI=1S/C16H23FN2O3/c1-16(2,22-14-5-3-13(17)4-6-14)15(21)19-9-7-18(8-10-19)11-12-20/h3-6,20H,7-12H2,1-2H3. The molecule has 0 atom stereocenters. The van der Waals surface area contributed by atoms with Crippen LogP contribution in [-0.2, 0) is 4.79 Å². The number of nitrogens with zero attached hydrogens (tertiary/aromatic N) is 2. The van der Waals surface area contributed by atoms with Crippen LogP contribution in [0.2, 0.25) is 0 Å². The minimum atomic E-state index is -1.00. The molecule has 1 aliphatic heterocycles. The summed E-state index contributed by atoms with van der Waals surface area (Å²) in [6.45, 7) is 6.95. The van der Waals surface area contributed by atoms with Crippen LogP contribution < -0.4 is 4.74 Å². The Balaban J connectivity index is 1.94. The molecule has 5 nitrogen and oxygen atoms in total. The SMILES string of the molecule is CC(C)(Oc1ccc(F)cc1)C(=O)N1CCN(CCO)CC1. The molecule has 122 valence electrons. The lowest BCUT2D eigenvalue weighted by atomic mass is 10.1. The van der Waals surface area contributed by atoms with Crippen molar-refractivity contribution in [3.05, 3.63) is 30.1 Å². The van der Waals surface area contributed by atoms with Crippen LogP contribution >= 0.6 is 0 Å². The molecule has 0 bridgehead atoms. The van der Waals surface area contributed by atoms with Crippen molar-refractivity contribution < 1.29 is 19.0 Å². The number of benzene rings is 1. The molecular weight excluding hydrogens is 287 g/mol. The normalized spacial score (nSPS) is 16.6. The molecule has 6 heteroatoms. The molecule has 1 aliphatic rings. The summed E-state index contributed by atoms with van der Waals surface area (Å²) < 4.78 is 18.6. The average molecular weight is 310 g/mol. The maximum atomic E-state index is 12.9. The van der Waals surface area contributed by atoms with Crippen molar-refractivity contribution in [2.24, 2.45) is 0 Å². The molecule has 0 aliphatic carbocycles. The van der Waals surface area contributed by atoms with E-state index in [0.717, 1.165) is 13.1 Å². The second kappa shape index (κ2) is 7.07. The first kappa shape index (κ1) is 16.7. The number of halogens is 1. The molecule has 1 aromatic carbocycles. The zero-order chi connectivity index (χ0) is 16.2. The van der Waals surface area contributed by atoms with Crippen molar-refractivity contribution in [1.29, 1.82) is 0 Å². The van der Waals surface area contributed by atoms with E-state index in [2.05, 4.69) is 4.90 Å². The Morgan fingerprint density at radius 3 is 2.36 bits per heavy atom. The summed E-state index contributed by atoms with van der Waals surface area (Å²) in [6, 6.07) is 5.65. The van der Waals surface area contributed by atoms with Gasteiger partial charge < -0.3 is 14.7 Å². The highest BCUT2D eigenvalue weighted by molar-refractivity contribution is 5.85. The molecule has 0 aromatic heterocycles. The number of hydrogen-bond acceptors (Lipinski definition) is 4. The minimum Gasteiger partial charge on any atom is -0.478 e. The van der Waals surface area contributed by atoms with Gasteiger partial charge in [0.2, 0.25) is 0 Å². The number of aliphatic hydroxyl groups is 1. The fraction of sp³-hybridized carbons (Fsp3) is 0.562. The molecule has 1 amide bonds. The first-order chi connectivity index (χ1) is 10.4. The lowest BCUT2D eigenvalue weighted by molar-refractivity contribution is -0.147. The van der Waals surface area contributed by atoms with Crippen LogP contribution in [0, 0.1) is 5.82 Å². The van der Waals surface area contributed by atoms with Gasteiger partial charge in [0.15, 0.2) is 5.60 Å². The Morgan fingerprint density at radius 2 is 1.82 bits per heavy atom. The molecule has 0 radical (unpaired) electrons. The van der Waals surface area contributed by atoms with Crippen molar-refractivity contribution in [3.8, 4) is 5.75 Å². The highest BCUT2D eigenvalue weighted by Gasteiger charge is 2.35. The van der Waals surface area contributed by atoms with E-state index >= 15 is 0 Å². The van der Waals surface area contributed by atoms with Crippen molar-refractivity contribution >= 4 is 5.91 Å². The topological polar surface area (TPSA) is 53.0 Å². The van der Waals surface area contributed by atoms with Gasteiger partial charge in [0, 0.05) is 32.7 Å². The summed E-state index contributed by atoms with van der Waals surface area (Å²) in [5.74, 6) is 0.0515. The van der Waals surface area contributed by atoms with E-state index in [-0.39, 0.29) is 18.3 Å². The molecule has 0 saturated carbocycles. The van der Waals surface area contributed by atoms with Crippen molar-refractivity contribution in [1.82, 2.24) is 9.80 Å². The molecule has 0 unspecified atom stereocenters. The van der Waals surface area contributed by atoms with E-state index in [1.165, 1.54) is 24.3 Å². The van der Waals surface area contributed by atoms with Crippen molar-refractivity contribution in [3.63, 3.8) is 0 Å². The fourth-order valence-electron chi connectivity index (χ4n) is 2.54. The third kappa shape index (κ3) is 4.18. The lowest BCUT2D eigenvalue weighted by Crippen LogP contribution is -2.56. The second-order valence-corrected chi connectivity index (χ2v) is 5.92. The smallest absolute Gasteiger partial charge is 0.266 e. The number of carbonyl (C=O) groups excluding carboxylic acids is 1. The van der Waals surface area contributed by atoms with E-state index in [4.69, 9.17) is 9.84 Å². The molecule has 0 spiro atoms. The van der Waals surface area contributed by atoms with E-state index in [1.807, 2.05) is 0 Å². The van der Waals surface area contributed by atoms with E-state index in [0.29, 0.717) is 25.4 Å². The van der Waals surface area contributed by atoms with Crippen LogP contribution in [0.5, 0.6) is 5.75 Å². The van der Waals surface area contributed by atoms with Crippen LogP contribution in [0.4, 0.5) is 4.39 Å². The van der Waals surface area contributed by atoms with Gasteiger partial charge in [-0.2, -0.15) is 0 Å². The predicted octanol–water partition coefficient (Wildman–Crippen LogP) is 1.12. The maximum Gasteiger partial charge on any atom is 0.266 e. The molecule has 22 heavy (non-hydrogen) atoms. The van der Waals surface area contributed by atoms with E-state index in [9.17, 15) is 9.18 Å². The maximum absolute atomic E-state index is 12.9. The largest absolute Gasteiger partial charge is 0.478 e. The van der Waals surface area contributed by atoms with Gasteiger partial charge in [-0.15, -0.1) is 0 Å². The second-order valence-electron chi connectivity index (χ2n) is 5.92. The Kier molecular flexibility index (Phi) is 5.37. The van der Waals surface area contributed by atoms with Crippen molar-refractivity contribution in [2.75, 3.05) is 39.3 Å². The van der Waals surface area contributed by atoms with Crippen LogP contribution in [-0.4, -0.2) is 65.7 Å². The molecular formula is C16H23FN2O3. The van der Waals surface area contributed by atoms with Gasteiger partial charge in [0.1, 0.15) is 11.6 Å². The summed E-state index contributed by atoms with van der Waals surface area (Å²) >= 11 is 0.